The first-order chi connectivity index (χ1) is 16.8. The highest BCUT2D eigenvalue weighted by Crippen LogP contribution is 2.44. The van der Waals surface area contributed by atoms with Crippen molar-refractivity contribution in [3.8, 4) is 11.1 Å². The summed E-state index contributed by atoms with van der Waals surface area (Å²) in [4.78, 5) is 38.2. The molecule has 2 aromatic carbocycles. The van der Waals surface area contributed by atoms with Gasteiger partial charge >= 0.3 is 12.1 Å². The molecule has 0 saturated carbocycles. The molecule has 1 saturated heterocycles. The minimum atomic E-state index is -0.954. The number of nitrogens with zero attached hydrogens (tertiary/aromatic N) is 1. The van der Waals surface area contributed by atoms with E-state index in [2.05, 4.69) is 29.6 Å². The van der Waals surface area contributed by atoms with Crippen molar-refractivity contribution in [3.63, 3.8) is 0 Å². The standard InChI is InChI=1S/C27H32N2O5S/c1-27(2)12-7-14-29(24(27)25(31)32)23(30)17-35-15-13-28-26(33)34-16-22-20-10-5-3-8-18(20)19-9-4-6-11-21(19)22/h3-6,8-11,22,24H,7,12-17H2,1-2H3,(H,28,33)(H,31,32). The maximum Gasteiger partial charge on any atom is 0.407 e. The fourth-order valence-corrected chi connectivity index (χ4v) is 5.98. The van der Waals surface area contributed by atoms with Gasteiger partial charge in [-0.3, -0.25) is 4.79 Å². The summed E-state index contributed by atoms with van der Waals surface area (Å²) in [5, 5.41) is 12.4. The van der Waals surface area contributed by atoms with Crippen molar-refractivity contribution in [2.24, 2.45) is 5.41 Å². The van der Waals surface area contributed by atoms with E-state index in [1.165, 1.54) is 27.8 Å². The molecule has 8 heteroatoms. The third-order valence-corrected chi connectivity index (χ3v) is 7.86. The number of carbonyl (C=O) groups is 3. The van der Waals surface area contributed by atoms with E-state index in [0.29, 0.717) is 18.8 Å². The average molecular weight is 497 g/mol. The number of ether oxygens (including phenoxy) is 1. The molecule has 1 heterocycles. The lowest BCUT2D eigenvalue weighted by Crippen LogP contribution is -2.56. The van der Waals surface area contributed by atoms with Crippen molar-refractivity contribution in [1.29, 1.82) is 0 Å². The van der Waals surface area contributed by atoms with Crippen molar-refractivity contribution in [2.45, 2.75) is 38.6 Å². The first kappa shape index (κ1) is 25.1. The zero-order chi connectivity index (χ0) is 25.0. The van der Waals surface area contributed by atoms with E-state index in [1.54, 1.807) is 0 Å². The fourth-order valence-electron chi connectivity index (χ4n) is 5.25. The minimum absolute atomic E-state index is 0.0103. The molecular weight excluding hydrogens is 464 g/mol. The van der Waals surface area contributed by atoms with Crippen LogP contribution >= 0.6 is 11.8 Å². The average Bonchev–Trinajstić information content (AvgIpc) is 3.15. The number of amides is 2. The van der Waals surface area contributed by atoms with Crippen LogP contribution in [0.5, 0.6) is 0 Å². The van der Waals surface area contributed by atoms with Gasteiger partial charge in [0.05, 0.1) is 5.75 Å². The minimum Gasteiger partial charge on any atom is -0.480 e. The van der Waals surface area contributed by atoms with Gasteiger partial charge in [0.15, 0.2) is 0 Å². The van der Waals surface area contributed by atoms with E-state index in [4.69, 9.17) is 4.74 Å². The van der Waals surface area contributed by atoms with Crippen LogP contribution in [0.2, 0.25) is 0 Å². The summed E-state index contributed by atoms with van der Waals surface area (Å²) >= 11 is 1.38. The number of hydrogen-bond donors (Lipinski definition) is 2. The number of hydrogen-bond acceptors (Lipinski definition) is 5. The molecule has 4 rings (SSSR count). The predicted molar refractivity (Wildman–Crippen MR) is 137 cm³/mol. The number of carboxylic acids is 1. The third kappa shape index (κ3) is 5.48. The predicted octanol–water partition coefficient (Wildman–Crippen LogP) is 4.36. The summed E-state index contributed by atoms with van der Waals surface area (Å²) in [7, 11) is 0. The lowest BCUT2D eigenvalue weighted by Gasteiger charge is -2.44. The second-order valence-corrected chi connectivity index (χ2v) is 10.8. The Balaban J connectivity index is 1.20. The van der Waals surface area contributed by atoms with E-state index in [0.717, 1.165) is 24.0 Å². The molecule has 2 aliphatic rings. The SMILES string of the molecule is CC1(C)CCCN(C(=O)CSCCNC(=O)OCC2c3ccccc3-c3ccccc32)C1C(=O)O. The third-order valence-electron chi connectivity index (χ3n) is 6.91. The molecule has 1 unspecified atom stereocenters. The highest BCUT2D eigenvalue weighted by molar-refractivity contribution is 7.99. The van der Waals surface area contributed by atoms with Gasteiger partial charge in [0, 0.05) is 24.8 Å². The van der Waals surface area contributed by atoms with Crippen molar-refractivity contribution >= 4 is 29.7 Å². The Morgan fingerprint density at radius 1 is 1.09 bits per heavy atom. The first-order valence-corrected chi connectivity index (χ1v) is 13.1. The molecule has 2 amide bonds. The van der Waals surface area contributed by atoms with Crippen LogP contribution in [0.1, 0.15) is 43.7 Å². The zero-order valence-electron chi connectivity index (χ0n) is 20.2. The van der Waals surface area contributed by atoms with E-state index in [9.17, 15) is 19.5 Å². The summed E-state index contributed by atoms with van der Waals surface area (Å²) < 4.78 is 5.53. The Morgan fingerprint density at radius 3 is 2.34 bits per heavy atom. The van der Waals surface area contributed by atoms with Gasteiger partial charge in [-0.15, -0.1) is 0 Å². The van der Waals surface area contributed by atoms with Crippen molar-refractivity contribution in [3.05, 3.63) is 59.7 Å². The van der Waals surface area contributed by atoms with Gasteiger partial charge in [-0.25, -0.2) is 9.59 Å². The molecule has 1 fully saturated rings. The number of carbonyl (C=O) groups excluding carboxylic acids is 2. The summed E-state index contributed by atoms with van der Waals surface area (Å²) in [6.45, 7) is 4.89. The van der Waals surface area contributed by atoms with Gasteiger partial charge in [-0.1, -0.05) is 62.4 Å². The molecule has 35 heavy (non-hydrogen) atoms. The van der Waals surface area contributed by atoms with Crippen molar-refractivity contribution in [1.82, 2.24) is 10.2 Å². The number of alkyl carbamates (subject to hydrolysis) is 1. The second-order valence-electron chi connectivity index (χ2n) is 9.72. The summed E-state index contributed by atoms with van der Waals surface area (Å²) in [5.41, 5.74) is 4.24. The molecule has 186 valence electrons. The topological polar surface area (TPSA) is 95.9 Å². The van der Waals surface area contributed by atoms with Crippen LogP contribution in [0.15, 0.2) is 48.5 Å². The van der Waals surface area contributed by atoms with E-state index >= 15 is 0 Å². The van der Waals surface area contributed by atoms with Crippen molar-refractivity contribution < 1.29 is 24.2 Å². The van der Waals surface area contributed by atoms with Gasteiger partial charge in [0.1, 0.15) is 12.6 Å². The number of thioether (sulfide) groups is 1. The van der Waals surface area contributed by atoms with Crippen molar-refractivity contribution in [2.75, 3.05) is 31.2 Å². The van der Waals surface area contributed by atoms with Crippen LogP contribution in [0.25, 0.3) is 11.1 Å². The molecule has 7 nitrogen and oxygen atoms in total. The number of fused-ring (bicyclic) bond motifs is 3. The second kappa shape index (κ2) is 10.7. The van der Waals surface area contributed by atoms with Crippen LogP contribution in [0.4, 0.5) is 4.79 Å². The van der Waals surface area contributed by atoms with E-state index in [-0.39, 0.29) is 24.2 Å². The normalized spacial score (nSPS) is 18.5. The molecule has 0 spiro atoms. The Labute approximate surface area is 210 Å². The van der Waals surface area contributed by atoms with Crippen LogP contribution in [-0.2, 0) is 14.3 Å². The molecule has 1 atom stereocenters. The molecular formula is C27H32N2O5S. The number of rotatable bonds is 8. The molecule has 0 bridgehead atoms. The van der Waals surface area contributed by atoms with Gasteiger partial charge < -0.3 is 20.1 Å². The largest absolute Gasteiger partial charge is 0.480 e. The Kier molecular flexibility index (Phi) is 7.69. The summed E-state index contributed by atoms with van der Waals surface area (Å²) in [6.07, 6.45) is 1.10. The van der Waals surface area contributed by atoms with Crippen LogP contribution < -0.4 is 5.32 Å². The Bertz CT molecular complexity index is 1060. The molecule has 2 N–H and O–H groups in total. The van der Waals surface area contributed by atoms with Gasteiger partial charge in [-0.05, 0) is 40.5 Å². The fraction of sp³-hybridized carbons (Fsp3) is 0.444. The maximum atomic E-state index is 12.7. The lowest BCUT2D eigenvalue weighted by molar-refractivity contribution is -0.157. The molecule has 2 aromatic rings. The summed E-state index contributed by atoms with van der Waals surface area (Å²) in [5.74, 6) is -0.394. The molecule has 1 aliphatic carbocycles. The number of aliphatic carboxylic acids is 1. The smallest absolute Gasteiger partial charge is 0.407 e. The van der Waals surface area contributed by atoms with Gasteiger partial charge in [0.25, 0.3) is 0 Å². The first-order valence-electron chi connectivity index (χ1n) is 12.0. The number of piperidine rings is 1. The van der Waals surface area contributed by atoms with Gasteiger partial charge in [-0.2, -0.15) is 11.8 Å². The van der Waals surface area contributed by atoms with E-state index < -0.39 is 23.5 Å². The Hall–Kier alpha value is -3.00. The Morgan fingerprint density at radius 2 is 1.71 bits per heavy atom. The monoisotopic (exact) mass is 496 g/mol. The van der Waals surface area contributed by atoms with E-state index in [1.807, 2.05) is 38.1 Å². The lowest BCUT2D eigenvalue weighted by atomic mass is 9.76. The highest BCUT2D eigenvalue weighted by Gasteiger charge is 2.44. The molecule has 1 aliphatic heterocycles. The highest BCUT2D eigenvalue weighted by atomic mass is 32.2. The van der Waals surface area contributed by atoms with Crippen LogP contribution in [0, 0.1) is 5.41 Å². The zero-order valence-corrected chi connectivity index (χ0v) is 21.0. The number of nitrogens with one attached hydrogen (secondary N) is 1. The quantitative estimate of drug-likeness (QED) is 0.527. The molecule has 0 aromatic heterocycles. The van der Waals surface area contributed by atoms with Crippen LogP contribution in [0.3, 0.4) is 0 Å². The van der Waals surface area contributed by atoms with Crippen LogP contribution in [-0.4, -0.2) is 65.2 Å². The maximum absolute atomic E-state index is 12.7. The number of likely N-dealkylation sites (tertiary alicyclic amines) is 1. The summed E-state index contributed by atoms with van der Waals surface area (Å²) in [6, 6.07) is 15.6. The molecule has 0 radical (unpaired) electrons. The number of carboxylic acid groups (broad SMARTS) is 1. The van der Waals surface area contributed by atoms with Gasteiger partial charge in [0.2, 0.25) is 5.91 Å². The number of benzene rings is 2.